The molecule has 116 valence electrons. The van der Waals surface area contributed by atoms with Gasteiger partial charge in [0.2, 0.25) is 5.91 Å². The average molecular weight is 302 g/mol. The summed E-state index contributed by atoms with van der Waals surface area (Å²) in [5.74, 6) is -0.564. The van der Waals surface area contributed by atoms with Gasteiger partial charge in [0, 0.05) is 0 Å². The molecule has 3 N–H and O–H groups in total. The molecule has 1 heterocycles. The van der Waals surface area contributed by atoms with Gasteiger partial charge in [-0.15, -0.1) is 0 Å². The number of amides is 1. The number of halogens is 1. The maximum atomic E-state index is 13.7. The molecular formula is C16H19FN4O. The average Bonchev–Trinajstić information content (AvgIpc) is 2.97. The number of aromatic nitrogens is 2. The van der Waals surface area contributed by atoms with Crippen molar-refractivity contribution in [3.63, 3.8) is 0 Å². The molecule has 2 aromatic rings. The maximum Gasteiger partial charge on any atom is 0.244 e. The molecule has 1 fully saturated rings. The Morgan fingerprint density at radius 1 is 1.27 bits per heavy atom. The Morgan fingerprint density at radius 3 is 2.73 bits per heavy atom. The van der Waals surface area contributed by atoms with Crippen molar-refractivity contribution in [1.82, 2.24) is 9.78 Å². The molecule has 1 aromatic carbocycles. The van der Waals surface area contributed by atoms with Gasteiger partial charge in [0.05, 0.1) is 23.6 Å². The van der Waals surface area contributed by atoms with Crippen LogP contribution in [0.5, 0.6) is 0 Å². The van der Waals surface area contributed by atoms with E-state index in [0.717, 1.165) is 19.3 Å². The molecule has 6 heteroatoms. The predicted octanol–water partition coefficient (Wildman–Crippen LogP) is 2.61. The molecule has 1 aromatic heterocycles. The van der Waals surface area contributed by atoms with Crippen LogP contribution in [0.2, 0.25) is 0 Å². The molecule has 0 bridgehead atoms. The Balaban J connectivity index is 1.74. The quantitative estimate of drug-likeness (QED) is 0.915. The minimum atomic E-state index is -0.807. The van der Waals surface area contributed by atoms with Gasteiger partial charge in [0.25, 0.3) is 0 Å². The lowest BCUT2D eigenvalue weighted by Gasteiger charge is -2.31. The van der Waals surface area contributed by atoms with Crippen molar-refractivity contribution >= 4 is 11.6 Å². The topological polar surface area (TPSA) is 72.9 Å². The molecule has 3 rings (SSSR count). The SMILES string of the molecule is NC1(C(=O)Nc2cnn(-c3ccccc3F)c2)CCCCC1. The zero-order chi connectivity index (χ0) is 15.6. The van der Waals surface area contributed by atoms with E-state index in [-0.39, 0.29) is 11.7 Å². The molecular weight excluding hydrogens is 283 g/mol. The number of benzene rings is 1. The molecule has 0 aliphatic heterocycles. The smallest absolute Gasteiger partial charge is 0.244 e. The van der Waals surface area contributed by atoms with Crippen LogP contribution in [0.4, 0.5) is 10.1 Å². The van der Waals surface area contributed by atoms with Crippen LogP contribution in [-0.2, 0) is 4.79 Å². The van der Waals surface area contributed by atoms with Crippen LogP contribution in [0.3, 0.4) is 0 Å². The van der Waals surface area contributed by atoms with Gasteiger partial charge in [-0.25, -0.2) is 9.07 Å². The second-order valence-corrected chi connectivity index (χ2v) is 5.80. The van der Waals surface area contributed by atoms with Gasteiger partial charge >= 0.3 is 0 Å². The number of carbonyl (C=O) groups is 1. The zero-order valence-corrected chi connectivity index (χ0v) is 12.3. The minimum absolute atomic E-state index is 0.194. The second kappa shape index (κ2) is 5.88. The fourth-order valence-electron chi connectivity index (χ4n) is 2.82. The first-order chi connectivity index (χ1) is 10.6. The molecule has 0 unspecified atom stereocenters. The molecule has 0 spiro atoms. The number of carbonyl (C=O) groups excluding carboxylic acids is 1. The highest BCUT2D eigenvalue weighted by molar-refractivity contribution is 5.97. The number of nitrogens with zero attached hydrogens (tertiary/aromatic N) is 2. The van der Waals surface area contributed by atoms with Crippen molar-refractivity contribution in [2.24, 2.45) is 5.73 Å². The summed E-state index contributed by atoms with van der Waals surface area (Å²) in [5, 5.41) is 6.88. The standard InChI is InChI=1S/C16H19FN4O/c17-13-6-2-3-7-14(13)21-11-12(10-19-21)20-15(22)16(18)8-4-1-5-9-16/h2-3,6-7,10-11H,1,4-5,8-9,18H2,(H,20,22). The third kappa shape index (κ3) is 2.87. The van der Waals surface area contributed by atoms with Gasteiger partial charge in [-0.1, -0.05) is 31.4 Å². The first kappa shape index (κ1) is 14.7. The normalized spacial score (nSPS) is 17.2. The van der Waals surface area contributed by atoms with Crippen molar-refractivity contribution in [2.75, 3.05) is 5.32 Å². The van der Waals surface area contributed by atoms with Crippen molar-refractivity contribution in [3.05, 3.63) is 42.5 Å². The third-order valence-corrected chi connectivity index (χ3v) is 4.14. The lowest BCUT2D eigenvalue weighted by atomic mass is 9.82. The number of hydrogen-bond acceptors (Lipinski definition) is 3. The van der Waals surface area contributed by atoms with Gasteiger partial charge in [-0.05, 0) is 25.0 Å². The highest BCUT2D eigenvalue weighted by atomic mass is 19.1. The Bertz CT molecular complexity index is 676. The number of hydrogen-bond donors (Lipinski definition) is 2. The first-order valence-electron chi connectivity index (χ1n) is 7.48. The largest absolute Gasteiger partial charge is 0.322 e. The maximum absolute atomic E-state index is 13.7. The molecule has 0 radical (unpaired) electrons. The Hall–Kier alpha value is -2.21. The van der Waals surface area contributed by atoms with E-state index in [1.54, 1.807) is 24.4 Å². The molecule has 5 nitrogen and oxygen atoms in total. The molecule has 0 atom stereocenters. The van der Waals surface area contributed by atoms with E-state index in [1.807, 2.05) is 0 Å². The summed E-state index contributed by atoms with van der Waals surface area (Å²) < 4.78 is 15.1. The summed E-state index contributed by atoms with van der Waals surface area (Å²) in [6.07, 6.45) is 7.54. The molecule has 22 heavy (non-hydrogen) atoms. The van der Waals surface area contributed by atoms with E-state index in [9.17, 15) is 9.18 Å². The summed E-state index contributed by atoms with van der Waals surface area (Å²) in [6.45, 7) is 0. The fraction of sp³-hybridized carbons (Fsp3) is 0.375. The number of rotatable bonds is 3. The van der Waals surface area contributed by atoms with Crippen molar-refractivity contribution in [2.45, 2.75) is 37.6 Å². The van der Waals surface area contributed by atoms with E-state index in [2.05, 4.69) is 10.4 Å². The minimum Gasteiger partial charge on any atom is -0.322 e. The highest BCUT2D eigenvalue weighted by Crippen LogP contribution is 2.27. The molecule has 1 amide bonds. The van der Waals surface area contributed by atoms with Gasteiger partial charge in [0.1, 0.15) is 11.5 Å². The van der Waals surface area contributed by atoms with E-state index >= 15 is 0 Å². The molecule has 0 saturated heterocycles. The number of nitrogens with two attached hydrogens (primary N) is 1. The second-order valence-electron chi connectivity index (χ2n) is 5.80. The van der Waals surface area contributed by atoms with Crippen LogP contribution in [0.25, 0.3) is 5.69 Å². The third-order valence-electron chi connectivity index (χ3n) is 4.14. The summed E-state index contributed by atoms with van der Waals surface area (Å²) in [7, 11) is 0. The first-order valence-corrected chi connectivity index (χ1v) is 7.48. The number of nitrogens with one attached hydrogen (secondary N) is 1. The van der Waals surface area contributed by atoms with E-state index in [0.29, 0.717) is 24.2 Å². The zero-order valence-electron chi connectivity index (χ0n) is 12.3. The van der Waals surface area contributed by atoms with Crippen molar-refractivity contribution in [1.29, 1.82) is 0 Å². The van der Waals surface area contributed by atoms with Crippen LogP contribution in [-0.4, -0.2) is 21.2 Å². The Kier molecular flexibility index (Phi) is 3.94. The Morgan fingerprint density at radius 2 is 2.00 bits per heavy atom. The van der Waals surface area contributed by atoms with Gasteiger partial charge in [-0.3, -0.25) is 4.79 Å². The monoisotopic (exact) mass is 302 g/mol. The lowest BCUT2D eigenvalue weighted by Crippen LogP contribution is -2.52. The molecule has 1 aliphatic rings. The highest BCUT2D eigenvalue weighted by Gasteiger charge is 2.35. The predicted molar refractivity (Wildman–Crippen MR) is 82.2 cm³/mol. The van der Waals surface area contributed by atoms with Crippen LogP contribution in [0.1, 0.15) is 32.1 Å². The summed E-state index contributed by atoms with van der Waals surface area (Å²) in [6, 6.07) is 6.34. The van der Waals surface area contributed by atoms with Crippen molar-refractivity contribution in [3.8, 4) is 5.69 Å². The lowest BCUT2D eigenvalue weighted by molar-refractivity contribution is -0.122. The van der Waals surface area contributed by atoms with Crippen LogP contribution >= 0.6 is 0 Å². The van der Waals surface area contributed by atoms with Crippen LogP contribution in [0.15, 0.2) is 36.7 Å². The van der Waals surface area contributed by atoms with Crippen LogP contribution in [0, 0.1) is 5.82 Å². The van der Waals surface area contributed by atoms with Gasteiger partial charge in [0.15, 0.2) is 0 Å². The summed E-state index contributed by atoms with van der Waals surface area (Å²) in [4.78, 5) is 12.4. The van der Waals surface area contributed by atoms with E-state index < -0.39 is 5.54 Å². The fourth-order valence-corrected chi connectivity index (χ4v) is 2.82. The number of para-hydroxylation sites is 1. The Labute approximate surface area is 128 Å². The van der Waals surface area contributed by atoms with Crippen molar-refractivity contribution < 1.29 is 9.18 Å². The molecule has 1 aliphatic carbocycles. The van der Waals surface area contributed by atoms with E-state index in [1.165, 1.54) is 16.9 Å². The van der Waals surface area contributed by atoms with Gasteiger partial charge in [-0.2, -0.15) is 5.10 Å². The van der Waals surface area contributed by atoms with E-state index in [4.69, 9.17) is 5.73 Å². The summed E-state index contributed by atoms with van der Waals surface area (Å²) >= 11 is 0. The summed E-state index contributed by atoms with van der Waals surface area (Å²) in [5.41, 5.74) is 6.24. The van der Waals surface area contributed by atoms with Crippen LogP contribution < -0.4 is 11.1 Å². The van der Waals surface area contributed by atoms with Gasteiger partial charge < -0.3 is 11.1 Å². The number of anilines is 1. The molecule has 1 saturated carbocycles.